The maximum absolute atomic E-state index is 9.77. The third-order valence-electron chi connectivity index (χ3n) is 2.25. The van der Waals surface area contributed by atoms with Gasteiger partial charge in [-0.25, -0.2) is 4.79 Å². The van der Waals surface area contributed by atoms with E-state index in [2.05, 4.69) is 19.1 Å². The van der Waals surface area contributed by atoms with Crippen LogP contribution < -0.4 is 0 Å². The second-order valence-electron chi connectivity index (χ2n) is 3.56. The molecule has 0 rings (SSSR count). The molecular weight excluding hydrogens is 172 g/mol. The summed E-state index contributed by atoms with van der Waals surface area (Å²) >= 11 is 0. The van der Waals surface area contributed by atoms with Crippen LogP contribution in [0.5, 0.6) is 0 Å². The molecule has 0 aromatic rings. The molecule has 0 N–H and O–H groups in total. The predicted octanol–water partition coefficient (Wildman–Crippen LogP) is 3.87. The molecule has 0 aliphatic rings. The number of unbranched alkanes of at least 4 members (excludes halogenated alkanes) is 8. The molecule has 1 nitrogen and oxygen atoms in total. The van der Waals surface area contributed by atoms with E-state index in [0.717, 1.165) is 6.42 Å². The normalized spacial score (nSPS) is 9.21. The molecule has 0 aliphatic carbocycles. The van der Waals surface area contributed by atoms with Crippen molar-refractivity contribution in [2.24, 2.45) is 0 Å². The Labute approximate surface area is 87.9 Å². The molecule has 0 aromatic carbocycles. The van der Waals surface area contributed by atoms with E-state index in [-0.39, 0.29) is 0 Å². The summed E-state index contributed by atoms with van der Waals surface area (Å²) in [4.78, 5) is 9.77. The van der Waals surface area contributed by atoms with Crippen LogP contribution in [-0.4, -0.2) is 5.94 Å². The van der Waals surface area contributed by atoms with Crippen molar-refractivity contribution in [1.29, 1.82) is 0 Å². The van der Waals surface area contributed by atoms with E-state index in [1.807, 2.05) is 0 Å². The van der Waals surface area contributed by atoms with Gasteiger partial charge in [0, 0.05) is 0 Å². The van der Waals surface area contributed by atoms with Gasteiger partial charge in [0.2, 0.25) is 0 Å². The fraction of sp³-hybridized carbons (Fsp3) is 0.692. The van der Waals surface area contributed by atoms with Gasteiger partial charge in [0.05, 0.1) is 0 Å². The smallest absolute Gasteiger partial charge is 0.176 e. The van der Waals surface area contributed by atoms with Gasteiger partial charge >= 0.3 is 0 Å². The molecule has 0 spiro atoms. The Morgan fingerprint density at radius 1 is 0.929 bits per heavy atom. The molecule has 14 heavy (non-hydrogen) atoms. The van der Waals surface area contributed by atoms with E-state index in [0.29, 0.717) is 0 Å². The summed E-state index contributed by atoms with van der Waals surface area (Å²) in [6, 6.07) is 0. The van der Waals surface area contributed by atoms with Gasteiger partial charge in [0.25, 0.3) is 0 Å². The van der Waals surface area contributed by atoms with Crippen molar-refractivity contribution >= 4 is 5.94 Å². The summed E-state index contributed by atoms with van der Waals surface area (Å²) in [5, 5.41) is 0. The molecule has 0 unspecified atom stereocenters. The molecule has 0 amide bonds. The van der Waals surface area contributed by atoms with Gasteiger partial charge in [-0.05, 0) is 31.1 Å². The zero-order chi connectivity index (χ0) is 10.5. The fourth-order valence-electron chi connectivity index (χ4n) is 1.42. The minimum Gasteiger partial charge on any atom is -0.224 e. The van der Waals surface area contributed by atoms with Crippen molar-refractivity contribution in [3.8, 4) is 0 Å². The molecule has 0 aromatic heterocycles. The Kier molecular flexibility index (Phi) is 11.6. The lowest BCUT2D eigenvalue weighted by Crippen LogP contribution is -1.79. The standard InChI is InChI=1S/C13H21O/c1-2-3-4-5-6-7-8-9-10-11-12-13-14/h2,11H,3-10H2,1H3. The Hall–Kier alpha value is -0.770. The van der Waals surface area contributed by atoms with Crippen LogP contribution >= 0.6 is 0 Å². The van der Waals surface area contributed by atoms with Crippen molar-refractivity contribution in [2.45, 2.75) is 58.3 Å². The van der Waals surface area contributed by atoms with Gasteiger partial charge in [0.1, 0.15) is 0 Å². The van der Waals surface area contributed by atoms with Gasteiger partial charge < -0.3 is 0 Å². The van der Waals surface area contributed by atoms with E-state index < -0.39 is 0 Å². The highest BCUT2D eigenvalue weighted by atomic mass is 16.1. The topological polar surface area (TPSA) is 17.1 Å². The average molecular weight is 193 g/mol. The van der Waals surface area contributed by atoms with Gasteiger partial charge in [0.15, 0.2) is 5.94 Å². The minimum atomic E-state index is 0.970. The summed E-state index contributed by atoms with van der Waals surface area (Å²) in [5.41, 5.74) is 2.43. The van der Waals surface area contributed by atoms with Crippen LogP contribution in [0.4, 0.5) is 0 Å². The Balaban J connectivity index is 2.99. The molecule has 0 fully saturated rings. The second-order valence-corrected chi connectivity index (χ2v) is 3.56. The van der Waals surface area contributed by atoms with Crippen LogP contribution in [0.25, 0.3) is 0 Å². The van der Waals surface area contributed by atoms with Gasteiger partial charge in [-0.2, -0.15) is 0 Å². The maximum atomic E-state index is 9.77. The summed E-state index contributed by atoms with van der Waals surface area (Å²) in [6.07, 6.45) is 14.0. The molecule has 0 saturated heterocycles. The first-order valence-corrected chi connectivity index (χ1v) is 5.64. The van der Waals surface area contributed by atoms with Crippen molar-refractivity contribution < 1.29 is 4.79 Å². The van der Waals surface area contributed by atoms with E-state index >= 15 is 0 Å². The van der Waals surface area contributed by atoms with Crippen molar-refractivity contribution in [3.05, 3.63) is 18.2 Å². The molecule has 0 heterocycles. The van der Waals surface area contributed by atoms with Gasteiger partial charge in [-0.15, -0.1) is 0 Å². The highest BCUT2D eigenvalue weighted by molar-refractivity contribution is 5.43. The third kappa shape index (κ3) is 11.2. The molecule has 1 heteroatoms. The number of hydrogen-bond acceptors (Lipinski definition) is 1. The minimum absolute atomic E-state index is 0.970. The largest absolute Gasteiger partial charge is 0.224 e. The molecular formula is C13H21O. The maximum Gasteiger partial charge on any atom is 0.176 e. The lowest BCUT2D eigenvalue weighted by molar-refractivity contribution is 0.569. The lowest BCUT2D eigenvalue weighted by Gasteiger charge is -1.99. The quantitative estimate of drug-likeness (QED) is 0.308. The Morgan fingerprint density at radius 2 is 1.50 bits per heavy atom. The van der Waals surface area contributed by atoms with Crippen molar-refractivity contribution in [2.75, 3.05) is 0 Å². The second kappa shape index (κ2) is 12.2. The Morgan fingerprint density at radius 3 is 2.07 bits per heavy atom. The summed E-state index contributed by atoms with van der Waals surface area (Å²) in [7, 11) is 0. The fourth-order valence-corrected chi connectivity index (χ4v) is 1.42. The number of carbonyl (C=O) groups excluding carboxylic acids is 1. The van der Waals surface area contributed by atoms with Crippen molar-refractivity contribution in [3.63, 3.8) is 0 Å². The monoisotopic (exact) mass is 193 g/mol. The molecule has 1 radical (unpaired) electrons. The van der Waals surface area contributed by atoms with Crippen molar-refractivity contribution in [1.82, 2.24) is 0 Å². The first kappa shape index (κ1) is 13.2. The highest BCUT2D eigenvalue weighted by Crippen LogP contribution is 2.09. The van der Waals surface area contributed by atoms with E-state index in [1.165, 1.54) is 44.9 Å². The lowest BCUT2D eigenvalue weighted by atomic mass is 10.1. The van der Waals surface area contributed by atoms with Crippen LogP contribution in [0.2, 0.25) is 0 Å². The zero-order valence-electron chi connectivity index (χ0n) is 9.22. The zero-order valence-corrected chi connectivity index (χ0v) is 9.22. The summed E-state index contributed by atoms with van der Waals surface area (Å²) in [6.45, 7) is 2.12. The van der Waals surface area contributed by atoms with Crippen LogP contribution in [-0.2, 0) is 4.79 Å². The first-order chi connectivity index (χ1) is 6.91. The summed E-state index contributed by atoms with van der Waals surface area (Å²) < 4.78 is 0. The molecule has 0 aliphatic heterocycles. The van der Waals surface area contributed by atoms with Gasteiger partial charge in [-0.3, -0.25) is 0 Å². The SMILES string of the molecule is C[CH]CCCCCCCCC=C=C=O. The molecule has 0 saturated carbocycles. The number of hydrogen-bond donors (Lipinski definition) is 0. The number of rotatable bonds is 9. The highest BCUT2D eigenvalue weighted by Gasteiger charge is 1.89. The van der Waals surface area contributed by atoms with Crippen LogP contribution in [0.3, 0.4) is 0 Å². The van der Waals surface area contributed by atoms with Crippen LogP contribution in [0.15, 0.2) is 11.8 Å². The van der Waals surface area contributed by atoms with Crippen LogP contribution in [0.1, 0.15) is 58.3 Å². The average Bonchev–Trinajstić information content (AvgIpc) is 2.21. The summed E-state index contributed by atoms with van der Waals surface area (Å²) in [5.74, 6) is 1.63. The predicted molar refractivity (Wildman–Crippen MR) is 60.7 cm³/mol. The first-order valence-electron chi connectivity index (χ1n) is 5.64. The molecule has 79 valence electrons. The van der Waals surface area contributed by atoms with E-state index in [9.17, 15) is 4.79 Å². The van der Waals surface area contributed by atoms with E-state index in [1.54, 1.807) is 12.0 Å². The van der Waals surface area contributed by atoms with Crippen LogP contribution in [0, 0.1) is 6.42 Å². The molecule has 0 atom stereocenters. The van der Waals surface area contributed by atoms with E-state index in [4.69, 9.17) is 0 Å². The molecule has 0 bridgehead atoms. The van der Waals surface area contributed by atoms with Gasteiger partial charge in [-0.1, -0.05) is 45.4 Å². The third-order valence-corrected chi connectivity index (χ3v) is 2.25. The Bertz CT molecular complexity index is 183. The number of allylic oxidation sites excluding steroid dienone is 1.